The van der Waals surface area contributed by atoms with E-state index in [9.17, 15) is 0 Å². The lowest BCUT2D eigenvalue weighted by molar-refractivity contribution is 0.356. The van der Waals surface area contributed by atoms with Crippen LogP contribution in [0, 0.1) is 13.8 Å². The molecule has 0 bridgehead atoms. The van der Waals surface area contributed by atoms with Crippen molar-refractivity contribution in [2.75, 3.05) is 7.11 Å². The summed E-state index contributed by atoms with van der Waals surface area (Å²) in [5, 5.41) is 12.4. The lowest BCUT2D eigenvalue weighted by atomic mass is 10.1. The summed E-state index contributed by atoms with van der Waals surface area (Å²) in [6.45, 7) is 7.88. The fourth-order valence-corrected chi connectivity index (χ4v) is 2.77. The van der Waals surface area contributed by atoms with Crippen molar-refractivity contribution >= 4 is 11.0 Å². The highest BCUT2D eigenvalue weighted by Gasteiger charge is 2.21. The van der Waals surface area contributed by atoms with E-state index in [0.717, 1.165) is 28.0 Å². The van der Waals surface area contributed by atoms with Gasteiger partial charge in [-0.1, -0.05) is 0 Å². The number of aryl methyl sites for hydroxylation is 2. The van der Waals surface area contributed by atoms with Crippen molar-refractivity contribution in [2.45, 2.75) is 39.8 Å². The highest BCUT2D eigenvalue weighted by Crippen LogP contribution is 2.32. The Balaban J connectivity index is 1.85. The number of nitrogens with one attached hydrogen (secondary N) is 1. The number of methoxy groups -OCH3 is 1. The molecule has 1 aromatic carbocycles. The zero-order valence-electron chi connectivity index (χ0n) is 14.0. The van der Waals surface area contributed by atoms with E-state index in [4.69, 9.17) is 13.6 Å². The minimum Gasteiger partial charge on any atom is -0.497 e. The van der Waals surface area contributed by atoms with Crippen LogP contribution in [0.5, 0.6) is 5.75 Å². The standard InChI is InChI=1S/C17H21N3O3/c1-9-14-8-13(21-5)6-7-15(14)23-16(9)10(2)18-11(3)17-20-19-12(4)22-17/h6-8,10-11,18H,1-5H3. The number of ether oxygens (including phenoxy) is 1. The van der Waals surface area contributed by atoms with Crippen molar-refractivity contribution in [2.24, 2.45) is 0 Å². The number of fused-ring (bicyclic) bond motifs is 1. The average Bonchev–Trinajstić information content (AvgIpc) is 3.11. The van der Waals surface area contributed by atoms with Gasteiger partial charge in [-0.15, -0.1) is 10.2 Å². The number of nitrogens with zero attached hydrogens (tertiary/aromatic N) is 2. The number of hydrogen-bond donors (Lipinski definition) is 1. The van der Waals surface area contributed by atoms with Gasteiger partial charge < -0.3 is 13.6 Å². The topological polar surface area (TPSA) is 73.3 Å². The second-order valence-corrected chi connectivity index (χ2v) is 5.72. The van der Waals surface area contributed by atoms with Crippen LogP contribution in [0.4, 0.5) is 0 Å². The Morgan fingerprint density at radius 1 is 1.09 bits per heavy atom. The summed E-state index contributed by atoms with van der Waals surface area (Å²) in [4.78, 5) is 0. The van der Waals surface area contributed by atoms with Crippen molar-refractivity contribution in [1.29, 1.82) is 0 Å². The second-order valence-electron chi connectivity index (χ2n) is 5.72. The molecule has 2 unspecified atom stereocenters. The minimum atomic E-state index is -0.0617. The molecule has 2 heterocycles. The van der Waals surface area contributed by atoms with Crippen LogP contribution in [0.15, 0.2) is 27.0 Å². The number of benzene rings is 1. The van der Waals surface area contributed by atoms with Crippen molar-refractivity contribution in [3.63, 3.8) is 0 Å². The van der Waals surface area contributed by atoms with Gasteiger partial charge in [0.25, 0.3) is 0 Å². The summed E-state index contributed by atoms with van der Waals surface area (Å²) < 4.78 is 16.8. The monoisotopic (exact) mass is 315 g/mol. The summed E-state index contributed by atoms with van der Waals surface area (Å²) in [5.74, 6) is 2.86. The third-order valence-electron chi connectivity index (χ3n) is 3.99. The molecule has 3 rings (SSSR count). The zero-order chi connectivity index (χ0) is 16.6. The Morgan fingerprint density at radius 2 is 1.87 bits per heavy atom. The molecule has 2 aromatic heterocycles. The molecular formula is C17H21N3O3. The molecule has 0 amide bonds. The van der Waals surface area contributed by atoms with Gasteiger partial charge in [-0.3, -0.25) is 5.32 Å². The van der Waals surface area contributed by atoms with Gasteiger partial charge in [0, 0.05) is 17.9 Å². The van der Waals surface area contributed by atoms with E-state index < -0.39 is 0 Å². The molecule has 2 atom stereocenters. The second kappa shape index (κ2) is 6.04. The molecule has 23 heavy (non-hydrogen) atoms. The lowest BCUT2D eigenvalue weighted by Gasteiger charge is -2.16. The maximum Gasteiger partial charge on any atom is 0.233 e. The first-order valence-corrected chi connectivity index (χ1v) is 7.62. The maximum absolute atomic E-state index is 6.02. The van der Waals surface area contributed by atoms with Crippen molar-refractivity contribution in [1.82, 2.24) is 15.5 Å². The minimum absolute atomic E-state index is 0.00982. The first kappa shape index (κ1) is 15.6. The number of hydrogen-bond acceptors (Lipinski definition) is 6. The summed E-state index contributed by atoms with van der Waals surface area (Å²) in [5.41, 5.74) is 1.96. The molecule has 0 radical (unpaired) electrons. The first-order chi connectivity index (χ1) is 11.0. The Bertz CT molecular complexity index is 822. The largest absolute Gasteiger partial charge is 0.497 e. The van der Waals surface area contributed by atoms with Crippen LogP contribution in [0.1, 0.15) is 49.0 Å². The van der Waals surface area contributed by atoms with Gasteiger partial charge in [0.05, 0.1) is 19.2 Å². The summed E-state index contributed by atoms with van der Waals surface area (Å²) >= 11 is 0. The molecule has 0 aliphatic carbocycles. The van der Waals surface area contributed by atoms with E-state index in [-0.39, 0.29) is 12.1 Å². The molecule has 6 heteroatoms. The summed E-state index contributed by atoms with van der Waals surface area (Å²) in [6.07, 6.45) is 0. The smallest absolute Gasteiger partial charge is 0.233 e. The molecule has 122 valence electrons. The van der Waals surface area contributed by atoms with Gasteiger partial charge in [0.2, 0.25) is 11.8 Å². The molecule has 0 aliphatic rings. The molecule has 1 N–H and O–H groups in total. The predicted molar refractivity (Wildman–Crippen MR) is 86.5 cm³/mol. The van der Waals surface area contributed by atoms with Gasteiger partial charge >= 0.3 is 0 Å². The predicted octanol–water partition coefficient (Wildman–Crippen LogP) is 3.85. The van der Waals surface area contributed by atoms with Crippen LogP contribution >= 0.6 is 0 Å². The van der Waals surface area contributed by atoms with Crippen LogP contribution in [0.2, 0.25) is 0 Å². The molecule has 0 saturated carbocycles. The summed E-state index contributed by atoms with van der Waals surface area (Å²) in [6, 6.07) is 5.78. The fraction of sp³-hybridized carbons (Fsp3) is 0.412. The maximum atomic E-state index is 6.02. The third kappa shape index (κ3) is 2.94. The Kier molecular flexibility index (Phi) is 4.09. The molecule has 3 aromatic rings. The van der Waals surface area contributed by atoms with E-state index in [1.807, 2.05) is 25.1 Å². The van der Waals surface area contributed by atoms with Crippen LogP contribution in [0.3, 0.4) is 0 Å². The quantitative estimate of drug-likeness (QED) is 0.771. The van der Waals surface area contributed by atoms with Gasteiger partial charge in [-0.05, 0) is 39.0 Å². The van der Waals surface area contributed by atoms with E-state index in [0.29, 0.717) is 11.8 Å². The summed E-state index contributed by atoms with van der Waals surface area (Å²) in [7, 11) is 1.66. The zero-order valence-corrected chi connectivity index (χ0v) is 14.0. The molecule has 0 spiro atoms. The van der Waals surface area contributed by atoms with Crippen molar-refractivity contribution < 1.29 is 13.6 Å². The van der Waals surface area contributed by atoms with Crippen LogP contribution in [0.25, 0.3) is 11.0 Å². The Hall–Kier alpha value is -2.34. The number of rotatable bonds is 5. The highest BCUT2D eigenvalue weighted by molar-refractivity contribution is 5.83. The molecule has 0 aliphatic heterocycles. The van der Waals surface area contributed by atoms with Crippen molar-refractivity contribution in [3.8, 4) is 5.75 Å². The normalized spacial score (nSPS) is 14.1. The van der Waals surface area contributed by atoms with Crippen LogP contribution in [-0.2, 0) is 0 Å². The number of furan rings is 1. The Morgan fingerprint density at radius 3 is 2.52 bits per heavy atom. The number of aromatic nitrogens is 2. The molecule has 0 saturated heterocycles. The van der Waals surface area contributed by atoms with E-state index >= 15 is 0 Å². The SMILES string of the molecule is COc1ccc2oc(C(C)NC(C)c3nnc(C)o3)c(C)c2c1. The van der Waals surface area contributed by atoms with E-state index in [1.54, 1.807) is 14.0 Å². The average molecular weight is 315 g/mol. The van der Waals surface area contributed by atoms with E-state index in [2.05, 4.69) is 29.4 Å². The van der Waals surface area contributed by atoms with E-state index in [1.165, 1.54) is 0 Å². The Labute approximate surface area is 134 Å². The van der Waals surface area contributed by atoms with Gasteiger partial charge in [0.1, 0.15) is 17.1 Å². The first-order valence-electron chi connectivity index (χ1n) is 7.62. The lowest BCUT2D eigenvalue weighted by Crippen LogP contribution is -2.22. The van der Waals surface area contributed by atoms with Gasteiger partial charge in [-0.2, -0.15) is 0 Å². The fourth-order valence-electron chi connectivity index (χ4n) is 2.77. The van der Waals surface area contributed by atoms with Crippen molar-refractivity contribution in [3.05, 3.63) is 41.3 Å². The van der Waals surface area contributed by atoms with Crippen LogP contribution < -0.4 is 10.1 Å². The van der Waals surface area contributed by atoms with Crippen LogP contribution in [-0.4, -0.2) is 17.3 Å². The third-order valence-corrected chi connectivity index (χ3v) is 3.99. The molecule has 6 nitrogen and oxygen atoms in total. The van der Waals surface area contributed by atoms with Gasteiger partial charge in [-0.25, -0.2) is 0 Å². The highest BCUT2D eigenvalue weighted by atomic mass is 16.5. The molecular weight excluding hydrogens is 294 g/mol. The molecule has 0 fully saturated rings. The van der Waals surface area contributed by atoms with Gasteiger partial charge in [0.15, 0.2) is 0 Å².